The highest BCUT2D eigenvalue weighted by atomic mass is 16.5. The molecule has 0 spiro atoms. The van der Waals surface area contributed by atoms with Gasteiger partial charge in [-0.3, -0.25) is 4.90 Å². The lowest BCUT2D eigenvalue weighted by Gasteiger charge is -2.47. The van der Waals surface area contributed by atoms with Crippen LogP contribution in [0.15, 0.2) is 54.6 Å². The van der Waals surface area contributed by atoms with Crippen molar-refractivity contribution in [1.82, 2.24) is 4.90 Å². The molecule has 1 fully saturated rings. The maximum atomic E-state index is 6.52. The highest BCUT2D eigenvalue weighted by Gasteiger charge is 2.39. The Bertz CT molecular complexity index is 879. The Labute approximate surface area is 180 Å². The molecule has 0 amide bonds. The van der Waals surface area contributed by atoms with Crippen LogP contribution in [0, 0.1) is 5.92 Å². The van der Waals surface area contributed by atoms with E-state index in [4.69, 9.17) is 14.2 Å². The molecule has 3 unspecified atom stereocenters. The molecule has 0 saturated carbocycles. The monoisotopic (exact) mass is 407 g/mol. The van der Waals surface area contributed by atoms with Crippen molar-refractivity contribution >= 4 is 0 Å². The van der Waals surface area contributed by atoms with Crippen molar-refractivity contribution in [3.63, 3.8) is 0 Å². The molecule has 4 heteroatoms. The lowest BCUT2D eigenvalue weighted by Crippen LogP contribution is -2.48. The van der Waals surface area contributed by atoms with Crippen molar-refractivity contribution < 1.29 is 14.2 Å². The van der Waals surface area contributed by atoms with Gasteiger partial charge in [0.2, 0.25) is 0 Å². The van der Waals surface area contributed by atoms with Crippen LogP contribution in [0.4, 0.5) is 0 Å². The maximum Gasteiger partial charge on any atom is 0.161 e. The number of hydrogen-bond donors (Lipinski definition) is 0. The Morgan fingerprint density at radius 3 is 2.53 bits per heavy atom. The van der Waals surface area contributed by atoms with Gasteiger partial charge in [0, 0.05) is 25.0 Å². The Morgan fingerprint density at radius 2 is 1.83 bits per heavy atom. The molecular formula is C26H33NO3. The van der Waals surface area contributed by atoms with E-state index in [1.54, 1.807) is 14.2 Å². The molecule has 4 nitrogen and oxygen atoms in total. The SMILES string of the molecule is C=C(C)CC1CN2CCc3cc(OC)c(OC)cc3C2CC1OCc1ccccc1. The van der Waals surface area contributed by atoms with Crippen molar-refractivity contribution in [3.05, 3.63) is 71.3 Å². The van der Waals surface area contributed by atoms with Gasteiger partial charge in [-0.05, 0) is 55.0 Å². The summed E-state index contributed by atoms with van der Waals surface area (Å²) in [6.07, 6.45) is 3.26. The van der Waals surface area contributed by atoms with Gasteiger partial charge in [-0.25, -0.2) is 0 Å². The Hall–Kier alpha value is -2.30. The van der Waals surface area contributed by atoms with Gasteiger partial charge < -0.3 is 14.2 Å². The molecular weight excluding hydrogens is 374 g/mol. The van der Waals surface area contributed by atoms with Gasteiger partial charge in [-0.15, -0.1) is 6.58 Å². The lowest BCUT2D eigenvalue weighted by molar-refractivity contribution is -0.0656. The van der Waals surface area contributed by atoms with Crippen molar-refractivity contribution in [2.75, 3.05) is 27.3 Å². The molecule has 30 heavy (non-hydrogen) atoms. The van der Waals surface area contributed by atoms with E-state index in [0.717, 1.165) is 43.9 Å². The zero-order chi connectivity index (χ0) is 21.1. The summed E-state index contributed by atoms with van der Waals surface area (Å²) in [7, 11) is 3.41. The minimum absolute atomic E-state index is 0.210. The van der Waals surface area contributed by atoms with Crippen LogP contribution in [0.25, 0.3) is 0 Å². The molecule has 1 saturated heterocycles. The minimum Gasteiger partial charge on any atom is -0.493 e. The fourth-order valence-electron chi connectivity index (χ4n) is 5.03. The minimum atomic E-state index is 0.210. The van der Waals surface area contributed by atoms with E-state index in [1.807, 2.05) is 6.07 Å². The maximum absolute atomic E-state index is 6.52. The van der Waals surface area contributed by atoms with Gasteiger partial charge in [0.1, 0.15) is 0 Å². The standard InChI is InChI=1S/C26H33NO3/c1-18(2)12-21-16-27-11-10-20-13-25(28-3)26(29-4)14-22(20)23(27)15-24(21)30-17-19-8-6-5-7-9-19/h5-9,13-14,21,23-24H,1,10-12,15-17H2,2-4H3. The largest absolute Gasteiger partial charge is 0.493 e. The number of methoxy groups -OCH3 is 2. The first-order valence-electron chi connectivity index (χ1n) is 10.9. The quantitative estimate of drug-likeness (QED) is 0.592. The smallest absolute Gasteiger partial charge is 0.161 e. The first-order chi connectivity index (χ1) is 14.6. The molecule has 2 aromatic carbocycles. The number of piperidine rings is 1. The predicted molar refractivity (Wildman–Crippen MR) is 120 cm³/mol. The second-order valence-electron chi connectivity index (χ2n) is 8.66. The van der Waals surface area contributed by atoms with E-state index >= 15 is 0 Å². The van der Waals surface area contributed by atoms with Crippen LogP contribution in [-0.4, -0.2) is 38.3 Å². The van der Waals surface area contributed by atoms with E-state index < -0.39 is 0 Å². The lowest BCUT2D eigenvalue weighted by atomic mass is 9.79. The molecule has 0 aliphatic carbocycles. The molecule has 2 aliphatic heterocycles. The summed E-state index contributed by atoms with van der Waals surface area (Å²) < 4.78 is 17.7. The van der Waals surface area contributed by atoms with Gasteiger partial charge in [0.05, 0.1) is 26.9 Å². The molecule has 160 valence electrons. The summed E-state index contributed by atoms with van der Waals surface area (Å²) in [6.45, 7) is 9.08. The Balaban J connectivity index is 1.58. The highest BCUT2D eigenvalue weighted by Crippen LogP contribution is 2.44. The third kappa shape index (κ3) is 4.40. The van der Waals surface area contributed by atoms with Crippen LogP contribution in [0.3, 0.4) is 0 Å². The van der Waals surface area contributed by atoms with Gasteiger partial charge in [0.25, 0.3) is 0 Å². The fraction of sp³-hybridized carbons (Fsp3) is 0.462. The second-order valence-corrected chi connectivity index (χ2v) is 8.66. The number of fused-ring (bicyclic) bond motifs is 3. The molecule has 0 aromatic heterocycles. The topological polar surface area (TPSA) is 30.9 Å². The summed E-state index contributed by atoms with van der Waals surface area (Å²) >= 11 is 0. The zero-order valence-electron chi connectivity index (χ0n) is 18.4. The average Bonchev–Trinajstić information content (AvgIpc) is 2.76. The summed E-state index contributed by atoms with van der Waals surface area (Å²) in [6, 6.07) is 15.2. The summed E-state index contributed by atoms with van der Waals surface area (Å²) in [4.78, 5) is 2.63. The van der Waals surface area contributed by atoms with E-state index in [1.165, 1.54) is 22.3 Å². The molecule has 2 heterocycles. The number of allylic oxidation sites excluding steroid dienone is 1. The van der Waals surface area contributed by atoms with Gasteiger partial charge >= 0.3 is 0 Å². The average molecular weight is 408 g/mol. The summed E-state index contributed by atoms with van der Waals surface area (Å²) in [5.74, 6) is 2.10. The predicted octanol–water partition coefficient (Wildman–Crippen LogP) is 5.17. The van der Waals surface area contributed by atoms with Gasteiger partial charge in [-0.1, -0.05) is 35.9 Å². The van der Waals surface area contributed by atoms with Gasteiger partial charge in [0.15, 0.2) is 11.5 Å². The number of benzene rings is 2. The third-order valence-corrected chi connectivity index (χ3v) is 6.48. The molecule has 2 aromatic rings. The molecule has 0 N–H and O–H groups in total. The molecule has 2 aliphatic rings. The highest BCUT2D eigenvalue weighted by molar-refractivity contribution is 5.49. The van der Waals surface area contributed by atoms with Crippen molar-refractivity contribution in [1.29, 1.82) is 0 Å². The molecule has 4 rings (SSSR count). The number of nitrogens with zero attached hydrogens (tertiary/aromatic N) is 1. The molecule has 3 atom stereocenters. The van der Waals surface area contributed by atoms with E-state index in [2.05, 4.69) is 54.8 Å². The van der Waals surface area contributed by atoms with Crippen LogP contribution >= 0.6 is 0 Å². The zero-order valence-corrected chi connectivity index (χ0v) is 18.4. The fourth-order valence-corrected chi connectivity index (χ4v) is 5.03. The third-order valence-electron chi connectivity index (χ3n) is 6.48. The van der Waals surface area contributed by atoms with Crippen molar-refractivity contribution in [2.45, 2.75) is 44.9 Å². The van der Waals surface area contributed by atoms with Crippen molar-refractivity contribution in [2.24, 2.45) is 5.92 Å². The van der Waals surface area contributed by atoms with Crippen LogP contribution in [0.2, 0.25) is 0 Å². The normalized spacial score (nSPS) is 23.4. The first kappa shape index (κ1) is 21.0. The summed E-state index contributed by atoms with van der Waals surface area (Å²) in [5.41, 5.74) is 5.19. The van der Waals surface area contributed by atoms with E-state index in [0.29, 0.717) is 18.6 Å². The Kier molecular flexibility index (Phi) is 6.45. The number of ether oxygens (including phenoxy) is 3. The van der Waals surface area contributed by atoms with E-state index in [-0.39, 0.29) is 6.10 Å². The number of hydrogen-bond acceptors (Lipinski definition) is 4. The van der Waals surface area contributed by atoms with E-state index in [9.17, 15) is 0 Å². The molecule has 0 bridgehead atoms. The summed E-state index contributed by atoms with van der Waals surface area (Å²) in [5, 5.41) is 0. The van der Waals surface area contributed by atoms with Crippen molar-refractivity contribution in [3.8, 4) is 11.5 Å². The van der Waals surface area contributed by atoms with Crippen LogP contribution in [0.1, 0.15) is 42.5 Å². The van der Waals surface area contributed by atoms with Crippen LogP contribution in [0.5, 0.6) is 11.5 Å². The number of rotatable bonds is 7. The second kappa shape index (κ2) is 9.23. The van der Waals surface area contributed by atoms with Gasteiger partial charge in [-0.2, -0.15) is 0 Å². The van der Waals surface area contributed by atoms with Crippen LogP contribution < -0.4 is 9.47 Å². The molecule has 0 radical (unpaired) electrons. The first-order valence-corrected chi connectivity index (χ1v) is 10.9. The Morgan fingerprint density at radius 1 is 1.10 bits per heavy atom. The van der Waals surface area contributed by atoms with Crippen LogP contribution in [-0.2, 0) is 17.8 Å².